The summed E-state index contributed by atoms with van der Waals surface area (Å²) in [5.74, 6) is 3.21. The third-order valence-corrected chi connectivity index (χ3v) is 4.35. The van der Waals surface area contributed by atoms with E-state index in [-0.39, 0.29) is 0 Å². The molecule has 2 rings (SSSR count). The summed E-state index contributed by atoms with van der Waals surface area (Å²) in [4.78, 5) is 14.2. The van der Waals surface area contributed by atoms with E-state index in [0.717, 1.165) is 44.1 Å². The molecule has 2 saturated heterocycles. The summed E-state index contributed by atoms with van der Waals surface area (Å²) in [6.45, 7) is 3.78. The van der Waals surface area contributed by atoms with Crippen LogP contribution in [0.4, 0.5) is 0 Å². The molecule has 0 aromatic rings. The highest BCUT2D eigenvalue weighted by atomic mass is 32.2. The van der Waals surface area contributed by atoms with Gasteiger partial charge in [-0.2, -0.15) is 11.8 Å². The van der Waals surface area contributed by atoms with Crippen LogP contribution in [0.3, 0.4) is 0 Å². The Hall–Kier alpha value is -0.0600. The Kier molecular flexibility index (Phi) is 3.47. The Morgan fingerprint density at radius 3 is 2.57 bits per heavy atom. The first-order chi connectivity index (χ1) is 6.81. The highest BCUT2D eigenvalue weighted by Gasteiger charge is 2.37. The maximum atomic E-state index is 11.8. The van der Waals surface area contributed by atoms with Gasteiger partial charge in [-0.25, -0.2) is 0 Å². The average Bonchev–Trinajstić information content (AvgIpc) is 2.15. The number of carbonyl (C=O) groups is 1. The molecule has 0 amide bonds. The van der Waals surface area contributed by atoms with Crippen LogP contribution in [0.1, 0.15) is 6.42 Å². The molecule has 80 valence electrons. The van der Waals surface area contributed by atoms with E-state index in [2.05, 4.69) is 4.90 Å². The molecule has 2 heterocycles. The zero-order chi connectivity index (χ0) is 9.97. The highest BCUT2D eigenvalue weighted by Crippen LogP contribution is 2.29. The average molecular weight is 214 g/mol. The van der Waals surface area contributed by atoms with Gasteiger partial charge in [0.15, 0.2) is 0 Å². The maximum absolute atomic E-state index is 11.8. The number of nitrogens with zero attached hydrogens (tertiary/aromatic N) is 1. The Labute approximate surface area is 89.4 Å². The Bertz CT molecular complexity index is 206. The molecule has 2 N–H and O–H groups in total. The van der Waals surface area contributed by atoms with Crippen molar-refractivity contribution in [3.05, 3.63) is 0 Å². The predicted octanol–water partition coefficient (Wildman–Crippen LogP) is 0.199. The molecule has 0 aromatic carbocycles. The normalized spacial score (nSPS) is 33.4. The summed E-state index contributed by atoms with van der Waals surface area (Å²) in [6, 6.07) is 0. The number of ketones is 1. The molecule has 3 nitrogen and oxygen atoms in total. The van der Waals surface area contributed by atoms with E-state index in [0.29, 0.717) is 17.6 Å². The summed E-state index contributed by atoms with van der Waals surface area (Å²) in [5.41, 5.74) is 5.49. The van der Waals surface area contributed by atoms with Crippen LogP contribution in [0.2, 0.25) is 0 Å². The molecule has 2 aliphatic heterocycles. The van der Waals surface area contributed by atoms with Gasteiger partial charge in [0.25, 0.3) is 0 Å². The molecule has 2 atom stereocenters. The van der Waals surface area contributed by atoms with Crippen molar-refractivity contribution in [3.8, 4) is 0 Å². The quantitative estimate of drug-likeness (QED) is 0.729. The molecule has 0 aromatic heterocycles. The van der Waals surface area contributed by atoms with Crippen LogP contribution in [0.5, 0.6) is 0 Å². The first-order valence-corrected chi connectivity index (χ1v) is 6.50. The van der Waals surface area contributed by atoms with E-state index < -0.39 is 0 Å². The minimum absolute atomic E-state index is 0.310. The number of piperidine rings is 1. The molecular formula is C10H18N2OS. The summed E-state index contributed by atoms with van der Waals surface area (Å²) < 4.78 is 0. The van der Waals surface area contributed by atoms with Crippen LogP contribution in [0.15, 0.2) is 0 Å². The number of nitrogens with two attached hydrogens (primary N) is 1. The molecule has 0 radical (unpaired) electrons. The zero-order valence-electron chi connectivity index (χ0n) is 8.45. The van der Waals surface area contributed by atoms with Crippen LogP contribution < -0.4 is 5.73 Å². The van der Waals surface area contributed by atoms with E-state index in [1.165, 1.54) is 0 Å². The number of rotatable bonds is 3. The van der Waals surface area contributed by atoms with Gasteiger partial charge in [-0.05, 0) is 19.5 Å². The molecule has 2 unspecified atom stereocenters. The number of fused-ring (bicyclic) bond motifs is 2. The van der Waals surface area contributed by atoms with Crippen molar-refractivity contribution < 1.29 is 4.79 Å². The minimum atomic E-state index is 0.310. The molecule has 4 heteroatoms. The molecule has 2 aliphatic rings. The predicted molar refractivity (Wildman–Crippen MR) is 59.4 cm³/mol. The molecule has 0 spiro atoms. The number of carbonyl (C=O) groups excluding carboxylic acids is 1. The third kappa shape index (κ3) is 2.12. The van der Waals surface area contributed by atoms with Crippen molar-refractivity contribution in [1.82, 2.24) is 4.90 Å². The number of hydrogen-bond acceptors (Lipinski definition) is 4. The maximum Gasteiger partial charge on any atom is 0.143 e. The lowest BCUT2D eigenvalue weighted by Crippen LogP contribution is -2.51. The van der Waals surface area contributed by atoms with E-state index in [1.54, 1.807) is 0 Å². The summed E-state index contributed by atoms with van der Waals surface area (Å²) in [7, 11) is 0. The number of hydrogen-bond donors (Lipinski definition) is 1. The lowest BCUT2D eigenvalue weighted by Gasteiger charge is -2.39. The van der Waals surface area contributed by atoms with Crippen LogP contribution in [0, 0.1) is 11.8 Å². The van der Waals surface area contributed by atoms with E-state index in [1.807, 2.05) is 11.8 Å². The fraction of sp³-hybridized carbons (Fsp3) is 0.900. The molecule has 0 aliphatic carbocycles. The summed E-state index contributed by atoms with van der Waals surface area (Å²) in [6.07, 6.45) is 1.06. The van der Waals surface area contributed by atoms with Gasteiger partial charge >= 0.3 is 0 Å². The van der Waals surface area contributed by atoms with Gasteiger partial charge in [0.1, 0.15) is 5.78 Å². The molecular weight excluding hydrogens is 196 g/mol. The highest BCUT2D eigenvalue weighted by molar-refractivity contribution is 7.99. The first-order valence-electron chi connectivity index (χ1n) is 5.35. The second kappa shape index (κ2) is 4.64. The molecule has 2 bridgehead atoms. The van der Waals surface area contributed by atoms with Crippen molar-refractivity contribution in [2.24, 2.45) is 17.6 Å². The zero-order valence-corrected chi connectivity index (χ0v) is 9.26. The van der Waals surface area contributed by atoms with E-state index in [9.17, 15) is 4.79 Å². The second-order valence-corrected chi connectivity index (χ2v) is 5.31. The lowest BCUT2D eigenvalue weighted by molar-refractivity contribution is -0.130. The lowest BCUT2D eigenvalue weighted by atomic mass is 9.89. The topological polar surface area (TPSA) is 46.3 Å². The first kappa shape index (κ1) is 10.5. The smallest absolute Gasteiger partial charge is 0.143 e. The van der Waals surface area contributed by atoms with Crippen LogP contribution in [-0.2, 0) is 4.79 Å². The monoisotopic (exact) mass is 214 g/mol. The van der Waals surface area contributed by atoms with Crippen molar-refractivity contribution in [2.75, 3.05) is 37.7 Å². The minimum Gasteiger partial charge on any atom is -0.330 e. The SMILES string of the molecule is NCCCN1CC2CSCC(C1)C2=O. The van der Waals surface area contributed by atoms with E-state index >= 15 is 0 Å². The molecule has 0 saturated carbocycles. The summed E-state index contributed by atoms with van der Waals surface area (Å²) in [5, 5.41) is 0. The van der Waals surface area contributed by atoms with Crippen molar-refractivity contribution in [2.45, 2.75) is 6.42 Å². The number of likely N-dealkylation sites (tertiary alicyclic amines) is 1. The molecule has 2 fully saturated rings. The van der Waals surface area contributed by atoms with Gasteiger partial charge in [0.05, 0.1) is 0 Å². The van der Waals surface area contributed by atoms with Gasteiger partial charge in [-0.15, -0.1) is 0 Å². The fourth-order valence-corrected chi connectivity index (χ4v) is 3.58. The van der Waals surface area contributed by atoms with E-state index in [4.69, 9.17) is 5.73 Å². The van der Waals surface area contributed by atoms with Gasteiger partial charge in [0, 0.05) is 36.4 Å². The van der Waals surface area contributed by atoms with Crippen molar-refractivity contribution in [1.29, 1.82) is 0 Å². The van der Waals surface area contributed by atoms with Crippen LogP contribution in [-0.4, -0.2) is 48.4 Å². The third-order valence-electron chi connectivity index (χ3n) is 3.08. The Morgan fingerprint density at radius 2 is 2.00 bits per heavy atom. The second-order valence-electron chi connectivity index (χ2n) is 4.24. The largest absolute Gasteiger partial charge is 0.330 e. The van der Waals surface area contributed by atoms with Crippen molar-refractivity contribution in [3.63, 3.8) is 0 Å². The number of thioether (sulfide) groups is 1. The van der Waals surface area contributed by atoms with Crippen LogP contribution >= 0.6 is 11.8 Å². The van der Waals surface area contributed by atoms with Crippen molar-refractivity contribution >= 4 is 17.5 Å². The fourth-order valence-electron chi connectivity index (χ4n) is 2.33. The molecule has 14 heavy (non-hydrogen) atoms. The number of Topliss-reactive ketones (excluding diaryl/α,β-unsaturated/α-hetero) is 1. The van der Waals surface area contributed by atoms with Gasteiger partial charge < -0.3 is 10.6 Å². The summed E-state index contributed by atoms with van der Waals surface area (Å²) >= 11 is 1.94. The van der Waals surface area contributed by atoms with Gasteiger partial charge in [-0.1, -0.05) is 0 Å². The Balaban J connectivity index is 1.90. The van der Waals surface area contributed by atoms with Crippen LogP contribution in [0.25, 0.3) is 0 Å². The standard InChI is InChI=1S/C10H18N2OS/c11-2-1-3-12-4-8-6-14-7-9(5-12)10(8)13/h8-9H,1-7,11H2. The van der Waals surface area contributed by atoms with Gasteiger partial charge in [-0.3, -0.25) is 4.79 Å². The van der Waals surface area contributed by atoms with Gasteiger partial charge in [0.2, 0.25) is 0 Å². The Morgan fingerprint density at radius 1 is 1.36 bits per heavy atom.